The van der Waals surface area contributed by atoms with Crippen LogP contribution >= 0.6 is 11.3 Å². The lowest BCUT2D eigenvalue weighted by atomic mass is 10.1. The summed E-state index contributed by atoms with van der Waals surface area (Å²) < 4.78 is 34.3. The van der Waals surface area contributed by atoms with Crippen LogP contribution in [0, 0.1) is 15.9 Å². The number of ether oxygens (including phenoxy) is 4. The number of hydrogen-bond donors (Lipinski definition) is 1. The van der Waals surface area contributed by atoms with Crippen molar-refractivity contribution in [3.05, 3.63) is 51.1 Å². The lowest BCUT2D eigenvalue weighted by Gasteiger charge is -2.14. The van der Waals surface area contributed by atoms with Gasteiger partial charge in [0.25, 0.3) is 5.91 Å². The van der Waals surface area contributed by atoms with Crippen molar-refractivity contribution in [1.82, 2.24) is 4.98 Å². The highest BCUT2D eigenvalue weighted by molar-refractivity contribution is 7.14. The van der Waals surface area contributed by atoms with Crippen molar-refractivity contribution in [3.63, 3.8) is 0 Å². The maximum atomic E-state index is 14.0. The molecule has 168 valence electrons. The smallest absolute Gasteiger partial charge is 0.327 e. The van der Waals surface area contributed by atoms with Crippen molar-refractivity contribution in [1.29, 1.82) is 0 Å². The van der Waals surface area contributed by atoms with Crippen LogP contribution in [0.3, 0.4) is 0 Å². The van der Waals surface area contributed by atoms with Crippen LogP contribution in [0.5, 0.6) is 23.0 Å². The molecule has 0 aliphatic rings. The summed E-state index contributed by atoms with van der Waals surface area (Å²) in [7, 11) is 5.19. The van der Waals surface area contributed by atoms with Crippen LogP contribution in [0.15, 0.2) is 29.6 Å². The van der Waals surface area contributed by atoms with Crippen LogP contribution in [0.25, 0.3) is 11.3 Å². The first kappa shape index (κ1) is 22.7. The normalized spacial score (nSPS) is 10.4. The summed E-state index contributed by atoms with van der Waals surface area (Å²) >= 11 is 1.07. The number of halogens is 1. The molecule has 1 heterocycles. The van der Waals surface area contributed by atoms with Crippen LogP contribution in [0.2, 0.25) is 0 Å². The number of hydrogen-bond acceptors (Lipinski definition) is 9. The molecule has 3 rings (SSSR count). The van der Waals surface area contributed by atoms with E-state index in [0.29, 0.717) is 11.3 Å². The number of thiazole rings is 1. The minimum atomic E-state index is -0.808. The summed E-state index contributed by atoms with van der Waals surface area (Å²) in [5, 5.41) is 16.0. The van der Waals surface area contributed by atoms with E-state index in [1.807, 2.05) is 0 Å². The zero-order valence-electron chi connectivity index (χ0n) is 17.4. The fourth-order valence-corrected chi connectivity index (χ4v) is 3.66. The Labute approximate surface area is 185 Å². The Morgan fingerprint density at radius 2 is 1.75 bits per heavy atom. The zero-order chi connectivity index (χ0) is 23.4. The Morgan fingerprint density at radius 3 is 2.31 bits per heavy atom. The van der Waals surface area contributed by atoms with Gasteiger partial charge in [0.1, 0.15) is 5.56 Å². The highest BCUT2D eigenvalue weighted by Gasteiger charge is 2.32. The summed E-state index contributed by atoms with van der Waals surface area (Å²) in [6.45, 7) is 0. The SMILES string of the molecule is COc1ccc(-c2csc(NC(=O)c3cc(OC)c(OC)c(OC)c3[N+](=O)[O-])n2)cc1F. The average Bonchev–Trinajstić information content (AvgIpc) is 3.25. The number of rotatable bonds is 8. The van der Waals surface area contributed by atoms with Crippen LogP contribution in [-0.2, 0) is 0 Å². The van der Waals surface area contributed by atoms with Gasteiger partial charge in [-0.15, -0.1) is 11.3 Å². The van der Waals surface area contributed by atoms with E-state index in [9.17, 15) is 19.3 Å². The molecule has 0 aliphatic heterocycles. The molecule has 0 saturated heterocycles. The highest BCUT2D eigenvalue weighted by atomic mass is 32.1. The van der Waals surface area contributed by atoms with Crippen LogP contribution in [0.4, 0.5) is 15.2 Å². The molecule has 1 aromatic heterocycles. The molecule has 0 aliphatic carbocycles. The number of amides is 1. The molecular formula is C20H18FN3O7S. The molecule has 0 atom stereocenters. The van der Waals surface area contributed by atoms with Gasteiger partial charge in [-0.2, -0.15) is 0 Å². The topological polar surface area (TPSA) is 122 Å². The molecule has 1 N–H and O–H groups in total. The predicted octanol–water partition coefficient (Wildman–Crippen LogP) is 4.14. The van der Waals surface area contributed by atoms with E-state index >= 15 is 0 Å². The van der Waals surface area contributed by atoms with E-state index in [1.54, 1.807) is 11.4 Å². The van der Waals surface area contributed by atoms with E-state index < -0.39 is 22.3 Å². The molecule has 2 aromatic carbocycles. The van der Waals surface area contributed by atoms with Crippen molar-refractivity contribution < 1.29 is 33.1 Å². The number of carbonyl (C=O) groups is 1. The second-order valence-electron chi connectivity index (χ2n) is 6.14. The van der Waals surface area contributed by atoms with E-state index in [1.165, 1.54) is 46.6 Å². The second kappa shape index (κ2) is 9.47. The van der Waals surface area contributed by atoms with Gasteiger partial charge in [-0.3, -0.25) is 20.2 Å². The summed E-state index contributed by atoms with van der Waals surface area (Å²) in [5.74, 6) is -1.47. The number of carbonyl (C=O) groups excluding carboxylic acids is 1. The van der Waals surface area contributed by atoms with Gasteiger partial charge in [0, 0.05) is 17.0 Å². The van der Waals surface area contributed by atoms with E-state index in [0.717, 1.165) is 11.3 Å². The number of anilines is 1. The Bertz CT molecular complexity index is 1180. The molecule has 3 aromatic rings. The number of nitro groups is 1. The molecule has 12 heteroatoms. The lowest BCUT2D eigenvalue weighted by Crippen LogP contribution is -2.15. The molecule has 0 fully saturated rings. The fourth-order valence-electron chi connectivity index (χ4n) is 2.95. The van der Waals surface area contributed by atoms with Gasteiger partial charge in [0.15, 0.2) is 22.4 Å². The van der Waals surface area contributed by atoms with Gasteiger partial charge in [0.05, 0.1) is 39.1 Å². The molecular weight excluding hydrogens is 445 g/mol. The van der Waals surface area contributed by atoms with Crippen molar-refractivity contribution in [3.8, 4) is 34.3 Å². The van der Waals surface area contributed by atoms with Crippen molar-refractivity contribution in [2.24, 2.45) is 0 Å². The average molecular weight is 463 g/mol. The van der Waals surface area contributed by atoms with E-state index in [-0.39, 0.29) is 33.7 Å². The first-order valence-electron chi connectivity index (χ1n) is 8.92. The Balaban J connectivity index is 1.96. The first-order chi connectivity index (χ1) is 15.3. The van der Waals surface area contributed by atoms with Crippen molar-refractivity contribution in [2.45, 2.75) is 0 Å². The molecule has 0 saturated carbocycles. The molecule has 10 nitrogen and oxygen atoms in total. The van der Waals surface area contributed by atoms with E-state index in [4.69, 9.17) is 18.9 Å². The van der Waals surface area contributed by atoms with Gasteiger partial charge >= 0.3 is 5.69 Å². The number of methoxy groups -OCH3 is 4. The summed E-state index contributed by atoms with van der Waals surface area (Å²) in [6.07, 6.45) is 0. The molecule has 0 spiro atoms. The molecule has 0 bridgehead atoms. The third kappa shape index (κ3) is 4.25. The molecule has 0 radical (unpaired) electrons. The largest absolute Gasteiger partial charge is 0.494 e. The third-order valence-electron chi connectivity index (χ3n) is 4.40. The molecule has 0 unspecified atom stereocenters. The standard InChI is InChI=1S/C20H18FN3O7S/c1-28-14-6-5-10(7-12(14)21)13-9-32-20(22-13)23-19(25)11-8-15(29-2)17(30-3)18(31-4)16(11)24(26)27/h5-9H,1-4H3,(H,22,23,25). The van der Waals surface area contributed by atoms with Crippen LogP contribution in [0.1, 0.15) is 10.4 Å². The van der Waals surface area contributed by atoms with Gasteiger partial charge in [-0.05, 0) is 18.2 Å². The van der Waals surface area contributed by atoms with Gasteiger partial charge in [-0.1, -0.05) is 0 Å². The monoisotopic (exact) mass is 463 g/mol. The number of nitrogens with one attached hydrogen (secondary N) is 1. The summed E-state index contributed by atoms with van der Waals surface area (Å²) in [6, 6.07) is 5.51. The number of nitro benzene ring substituents is 1. The molecule has 1 amide bonds. The first-order valence-corrected chi connectivity index (χ1v) is 9.80. The zero-order valence-corrected chi connectivity index (χ0v) is 18.2. The lowest BCUT2D eigenvalue weighted by molar-refractivity contribution is -0.386. The van der Waals surface area contributed by atoms with Gasteiger partial charge < -0.3 is 18.9 Å². The van der Waals surface area contributed by atoms with Crippen molar-refractivity contribution in [2.75, 3.05) is 33.8 Å². The number of aromatic nitrogens is 1. The van der Waals surface area contributed by atoms with Crippen molar-refractivity contribution >= 4 is 28.1 Å². The number of benzene rings is 2. The number of nitrogens with zero attached hydrogens (tertiary/aromatic N) is 2. The van der Waals surface area contributed by atoms with Gasteiger partial charge in [-0.25, -0.2) is 9.37 Å². The minimum Gasteiger partial charge on any atom is -0.494 e. The third-order valence-corrected chi connectivity index (χ3v) is 5.16. The molecule has 32 heavy (non-hydrogen) atoms. The Morgan fingerprint density at radius 1 is 1.06 bits per heavy atom. The van der Waals surface area contributed by atoms with Crippen LogP contribution < -0.4 is 24.3 Å². The Hall–Kier alpha value is -3.93. The predicted molar refractivity (Wildman–Crippen MR) is 115 cm³/mol. The van der Waals surface area contributed by atoms with E-state index in [2.05, 4.69) is 10.3 Å². The fraction of sp³-hybridized carbons (Fsp3) is 0.200. The maximum absolute atomic E-state index is 14.0. The second-order valence-corrected chi connectivity index (χ2v) is 7.00. The quantitative estimate of drug-likeness (QED) is 0.391. The highest BCUT2D eigenvalue weighted by Crippen LogP contribution is 2.46. The maximum Gasteiger partial charge on any atom is 0.327 e. The summed E-state index contributed by atoms with van der Waals surface area (Å²) in [4.78, 5) is 28.1. The van der Waals surface area contributed by atoms with Gasteiger partial charge in [0.2, 0.25) is 11.5 Å². The Kier molecular flexibility index (Phi) is 6.73. The summed E-state index contributed by atoms with van der Waals surface area (Å²) in [5.41, 5.74) is -0.0153. The van der Waals surface area contributed by atoms with Crippen LogP contribution in [-0.4, -0.2) is 44.3 Å². The minimum absolute atomic E-state index is 0.0173.